The monoisotopic (exact) mass is 234 g/mol. The van der Waals surface area contributed by atoms with Gasteiger partial charge in [0.2, 0.25) is 10.0 Å². The maximum atomic E-state index is 11.7. The summed E-state index contributed by atoms with van der Waals surface area (Å²) in [6, 6.07) is -0.430. The number of nitrogens with one attached hydrogen (secondary N) is 2. The lowest BCUT2D eigenvalue weighted by atomic mass is 9.77. The van der Waals surface area contributed by atoms with Gasteiger partial charge in [-0.2, -0.15) is 0 Å². The Morgan fingerprint density at radius 2 is 2.07 bits per heavy atom. The second-order valence-corrected chi connectivity index (χ2v) is 6.47. The summed E-state index contributed by atoms with van der Waals surface area (Å²) in [6.45, 7) is 4.68. The lowest BCUT2D eigenvalue weighted by Crippen LogP contribution is -2.56. The van der Waals surface area contributed by atoms with Crippen molar-refractivity contribution < 1.29 is 13.2 Å². The number of amides is 1. The van der Waals surface area contributed by atoms with Crippen LogP contribution in [0.2, 0.25) is 0 Å². The van der Waals surface area contributed by atoms with E-state index in [2.05, 4.69) is 5.32 Å². The first-order chi connectivity index (χ1) is 6.72. The van der Waals surface area contributed by atoms with Gasteiger partial charge in [-0.15, -0.1) is 0 Å². The van der Waals surface area contributed by atoms with Crippen molar-refractivity contribution in [3.8, 4) is 0 Å². The number of piperidine rings is 1. The van der Waals surface area contributed by atoms with Crippen LogP contribution in [0.25, 0.3) is 0 Å². The highest BCUT2D eigenvalue weighted by molar-refractivity contribution is 7.89. The van der Waals surface area contributed by atoms with Gasteiger partial charge in [0.05, 0.1) is 12.3 Å². The molecule has 88 valence electrons. The summed E-state index contributed by atoms with van der Waals surface area (Å²) in [5.41, 5.74) is -0.201. The van der Waals surface area contributed by atoms with E-state index in [0.29, 0.717) is 0 Å². The highest BCUT2D eigenvalue weighted by Crippen LogP contribution is 2.30. The van der Waals surface area contributed by atoms with E-state index >= 15 is 0 Å². The van der Waals surface area contributed by atoms with Gasteiger partial charge in [0.15, 0.2) is 0 Å². The number of carbonyl (C=O) groups excluding carboxylic acids is 1. The molecule has 0 aliphatic carbocycles. The van der Waals surface area contributed by atoms with E-state index in [1.807, 2.05) is 18.6 Å². The quantitative estimate of drug-likeness (QED) is 0.696. The largest absolute Gasteiger partial charge is 0.305 e. The molecule has 0 aromatic rings. The molecule has 1 aliphatic heterocycles. The number of sulfonamides is 1. The van der Waals surface area contributed by atoms with Crippen molar-refractivity contribution in [2.24, 2.45) is 5.41 Å². The number of rotatable bonds is 2. The van der Waals surface area contributed by atoms with Crippen LogP contribution in [0.3, 0.4) is 0 Å². The van der Waals surface area contributed by atoms with Crippen LogP contribution in [-0.2, 0) is 14.8 Å². The first-order valence-corrected chi connectivity index (χ1v) is 6.86. The number of hydrogen-bond donors (Lipinski definition) is 2. The molecule has 0 radical (unpaired) electrons. The summed E-state index contributed by atoms with van der Waals surface area (Å²) in [5, 5.41) is 3.06. The normalized spacial score (nSPS) is 25.9. The maximum Gasteiger partial charge on any atom is 0.251 e. The summed E-state index contributed by atoms with van der Waals surface area (Å²) >= 11 is 0. The Labute approximate surface area is 90.7 Å². The van der Waals surface area contributed by atoms with Crippen molar-refractivity contribution in [3.63, 3.8) is 0 Å². The van der Waals surface area contributed by atoms with Gasteiger partial charge in [-0.1, -0.05) is 13.8 Å². The Morgan fingerprint density at radius 1 is 1.47 bits per heavy atom. The SMILES string of the molecule is CC1(C)CCCNC1C(=O)NS(C)(=O)=O. The van der Waals surface area contributed by atoms with Gasteiger partial charge >= 0.3 is 0 Å². The number of carbonyl (C=O) groups is 1. The van der Waals surface area contributed by atoms with Crippen LogP contribution in [0.1, 0.15) is 26.7 Å². The van der Waals surface area contributed by atoms with Gasteiger partial charge in [-0.25, -0.2) is 8.42 Å². The van der Waals surface area contributed by atoms with Crippen molar-refractivity contribution in [3.05, 3.63) is 0 Å². The fourth-order valence-electron chi connectivity index (χ4n) is 1.90. The molecule has 1 atom stereocenters. The maximum absolute atomic E-state index is 11.7. The van der Waals surface area contributed by atoms with Crippen molar-refractivity contribution in [1.29, 1.82) is 0 Å². The van der Waals surface area contributed by atoms with Crippen LogP contribution < -0.4 is 10.0 Å². The minimum Gasteiger partial charge on any atom is -0.305 e. The van der Waals surface area contributed by atoms with Crippen LogP contribution >= 0.6 is 0 Å². The van der Waals surface area contributed by atoms with Crippen LogP contribution in [0, 0.1) is 5.41 Å². The Kier molecular flexibility index (Phi) is 3.40. The molecular weight excluding hydrogens is 216 g/mol. The molecule has 15 heavy (non-hydrogen) atoms. The Hall–Kier alpha value is -0.620. The summed E-state index contributed by atoms with van der Waals surface area (Å²) in [6.07, 6.45) is 2.91. The van der Waals surface area contributed by atoms with Gasteiger partial charge in [0.1, 0.15) is 0 Å². The van der Waals surface area contributed by atoms with E-state index < -0.39 is 22.0 Å². The first kappa shape index (κ1) is 12.4. The lowest BCUT2D eigenvalue weighted by Gasteiger charge is -2.37. The second kappa shape index (κ2) is 4.09. The predicted octanol–water partition coefficient (Wildman–Crippen LogP) is -0.160. The molecular formula is C9H18N2O3S. The molecule has 0 saturated carbocycles. The molecule has 1 rings (SSSR count). The standard InChI is InChI=1S/C9H18N2O3S/c1-9(2)5-4-6-10-7(9)8(12)11-15(3,13)14/h7,10H,4-6H2,1-3H3,(H,11,12). The lowest BCUT2D eigenvalue weighted by molar-refractivity contribution is -0.124. The van der Waals surface area contributed by atoms with E-state index in [0.717, 1.165) is 25.6 Å². The fraction of sp³-hybridized carbons (Fsp3) is 0.889. The third-order valence-corrected chi connectivity index (χ3v) is 3.25. The van der Waals surface area contributed by atoms with Gasteiger partial charge in [0.25, 0.3) is 5.91 Å². The topological polar surface area (TPSA) is 75.3 Å². The molecule has 2 N–H and O–H groups in total. The molecule has 0 spiro atoms. The first-order valence-electron chi connectivity index (χ1n) is 4.97. The van der Waals surface area contributed by atoms with Crippen molar-refractivity contribution in [2.75, 3.05) is 12.8 Å². The fourth-order valence-corrected chi connectivity index (χ4v) is 2.38. The zero-order chi connectivity index (χ0) is 11.7. The Bertz CT molecular complexity index is 348. The summed E-state index contributed by atoms with van der Waals surface area (Å²) in [7, 11) is -3.46. The number of hydrogen-bond acceptors (Lipinski definition) is 4. The average Bonchev–Trinajstić information content (AvgIpc) is 1.99. The van der Waals surface area contributed by atoms with Crippen molar-refractivity contribution in [1.82, 2.24) is 10.0 Å². The third kappa shape index (κ3) is 3.46. The molecule has 0 aromatic carbocycles. The molecule has 6 heteroatoms. The predicted molar refractivity (Wildman–Crippen MR) is 57.8 cm³/mol. The minimum atomic E-state index is -3.46. The molecule has 1 unspecified atom stereocenters. The second-order valence-electron chi connectivity index (χ2n) is 4.72. The van der Waals surface area contributed by atoms with Crippen LogP contribution in [0.4, 0.5) is 0 Å². The zero-order valence-corrected chi connectivity index (χ0v) is 10.1. The summed E-state index contributed by atoms with van der Waals surface area (Å²) < 4.78 is 23.9. The minimum absolute atomic E-state index is 0.201. The van der Waals surface area contributed by atoms with Gasteiger partial charge in [0, 0.05) is 0 Å². The molecule has 1 aliphatic rings. The van der Waals surface area contributed by atoms with Gasteiger partial charge in [-0.05, 0) is 24.8 Å². The van der Waals surface area contributed by atoms with E-state index in [-0.39, 0.29) is 5.41 Å². The molecule has 1 heterocycles. The Balaban J connectivity index is 2.74. The summed E-state index contributed by atoms with van der Waals surface area (Å²) in [5.74, 6) is -0.456. The van der Waals surface area contributed by atoms with Crippen LogP contribution in [0.15, 0.2) is 0 Å². The highest BCUT2D eigenvalue weighted by Gasteiger charge is 2.37. The molecule has 1 saturated heterocycles. The average molecular weight is 234 g/mol. The molecule has 1 amide bonds. The molecule has 5 nitrogen and oxygen atoms in total. The Morgan fingerprint density at radius 3 is 2.53 bits per heavy atom. The van der Waals surface area contributed by atoms with Crippen LogP contribution in [0.5, 0.6) is 0 Å². The smallest absolute Gasteiger partial charge is 0.251 e. The van der Waals surface area contributed by atoms with E-state index in [4.69, 9.17) is 0 Å². The van der Waals surface area contributed by atoms with E-state index in [1.165, 1.54) is 0 Å². The van der Waals surface area contributed by atoms with E-state index in [9.17, 15) is 13.2 Å². The van der Waals surface area contributed by atoms with Crippen molar-refractivity contribution >= 4 is 15.9 Å². The van der Waals surface area contributed by atoms with Crippen LogP contribution in [-0.4, -0.2) is 33.2 Å². The van der Waals surface area contributed by atoms with Crippen molar-refractivity contribution in [2.45, 2.75) is 32.7 Å². The van der Waals surface area contributed by atoms with Gasteiger partial charge < -0.3 is 5.32 Å². The van der Waals surface area contributed by atoms with E-state index in [1.54, 1.807) is 0 Å². The molecule has 0 bridgehead atoms. The highest BCUT2D eigenvalue weighted by atomic mass is 32.2. The van der Waals surface area contributed by atoms with Gasteiger partial charge in [-0.3, -0.25) is 9.52 Å². The summed E-state index contributed by atoms with van der Waals surface area (Å²) in [4.78, 5) is 11.7. The molecule has 1 fully saturated rings. The zero-order valence-electron chi connectivity index (χ0n) is 9.33. The third-order valence-electron chi connectivity index (χ3n) is 2.68. The molecule has 0 aromatic heterocycles.